The molecule has 0 bridgehead atoms. The highest BCUT2D eigenvalue weighted by atomic mass is 16.1. The molecular weight excluding hydrogens is 356 g/mol. The van der Waals surface area contributed by atoms with E-state index in [0.29, 0.717) is 23.7 Å². The SMILES string of the molecule is Cc1cc2c(cc1C=CC=O)C(C)CC2C1c2ccc(C=CC=O)cc2CC1C. The number of allylic oxidation sites excluding steroid dienone is 2. The summed E-state index contributed by atoms with van der Waals surface area (Å²) >= 11 is 0. The lowest BCUT2D eigenvalue weighted by molar-refractivity contribution is -0.104. The monoisotopic (exact) mass is 384 g/mol. The quantitative estimate of drug-likeness (QED) is 0.469. The number of carbonyl (C=O) groups excluding carboxylic acids is 2. The smallest absolute Gasteiger partial charge is 0.142 e. The van der Waals surface area contributed by atoms with E-state index in [2.05, 4.69) is 51.1 Å². The van der Waals surface area contributed by atoms with E-state index in [1.54, 1.807) is 12.2 Å². The van der Waals surface area contributed by atoms with Crippen molar-refractivity contribution in [2.24, 2.45) is 5.92 Å². The summed E-state index contributed by atoms with van der Waals surface area (Å²) in [6.07, 6.45) is 10.9. The van der Waals surface area contributed by atoms with Crippen molar-refractivity contribution in [3.05, 3.63) is 81.4 Å². The van der Waals surface area contributed by atoms with Crippen LogP contribution >= 0.6 is 0 Å². The normalized spacial score (nSPS) is 25.5. The average Bonchev–Trinajstić information content (AvgIpc) is 3.19. The lowest BCUT2D eigenvalue weighted by atomic mass is 9.78. The van der Waals surface area contributed by atoms with Crippen molar-refractivity contribution in [3.8, 4) is 0 Å². The second-order valence-corrected chi connectivity index (χ2v) is 8.74. The van der Waals surface area contributed by atoms with E-state index in [1.807, 2.05) is 12.2 Å². The predicted molar refractivity (Wildman–Crippen MR) is 119 cm³/mol. The molecule has 148 valence electrons. The van der Waals surface area contributed by atoms with Gasteiger partial charge in [-0.2, -0.15) is 0 Å². The Morgan fingerprint density at radius 2 is 1.66 bits per heavy atom. The first kappa shape index (κ1) is 19.6. The van der Waals surface area contributed by atoms with E-state index in [9.17, 15) is 9.59 Å². The zero-order chi connectivity index (χ0) is 20.5. The standard InChI is InChI=1S/C27H28O2/c1-17-13-25-24(16-21(17)7-5-11-29)18(2)14-26(25)27-19(3)12-22-15-20(6-4-10-28)8-9-23(22)27/h4-11,13,15-16,18-19,26-27H,12,14H2,1-3H3. The van der Waals surface area contributed by atoms with Crippen LogP contribution in [0.25, 0.3) is 12.2 Å². The third-order valence-electron chi connectivity index (χ3n) is 6.85. The van der Waals surface area contributed by atoms with Gasteiger partial charge in [-0.25, -0.2) is 0 Å². The van der Waals surface area contributed by atoms with Crippen LogP contribution < -0.4 is 0 Å². The van der Waals surface area contributed by atoms with E-state index >= 15 is 0 Å². The molecular formula is C27H28O2. The van der Waals surface area contributed by atoms with Gasteiger partial charge in [0.15, 0.2) is 0 Å². The minimum atomic E-state index is 0.532. The molecule has 2 aromatic carbocycles. The highest BCUT2D eigenvalue weighted by Gasteiger charge is 2.41. The molecule has 4 atom stereocenters. The number of rotatable bonds is 5. The summed E-state index contributed by atoms with van der Waals surface area (Å²) < 4.78 is 0. The molecule has 0 N–H and O–H groups in total. The van der Waals surface area contributed by atoms with Gasteiger partial charge in [0.2, 0.25) is 0 Å². The van der Waals surface area contributed by atoms with Gasteiger partial charge in [-0.1, -0.05) is 56.3 Å². The van der Waals surface area contributed by atoms with Crippen molar-refractivity contribution < 1.29 is 9.59 Å². The summed E-state index contributed by atoms with van der Waals surface area (Å²) in [7, 11) is 0. The predicted octanol–water partition coefficient (Wildman–Crippen LogP) is 5.99. The van der Waals surface area contributed by atoms with Gasteiger partial charge in [-0.05, 0) is 94.5 Å². The molecule has 0 saturated heterocycles. The fourth-order valence-corrected chi connectivity index (χ4v) is 5.59. The van der Waals surface area contributed by atoms with Crippen molar-refractivity contribution in [2.75, 3.05) is 0 Å². The Labute approximate surface area is 173 Å². The van der Waals surface area contributed by atoms with E-state index in [0.717, 1.165) is 30.1 Å². The number of carbonyl (C=O) groups is 2. The van der Waals surface area contributed by atoms with E-state index in [1.165, 1.54) is 34.2 Å². The molecule has 2 nitrogen and oxygen atoms in total. The van der Waals surface area contributed by atoms with Gasteiger partial charge >= 0.3 is 0 Å². The summed E-state index contributed by atoms with van der Waals surface area (Å²) in [6, 6.07) is 11.3. The lowest BCUT2D eigenvalue weighted by Gasteiger charge is -2.26. The Morgan fingerprint density at radius 3 is 2.41 bits per heavy atom. The molecule has 0 aromatic heterocycles. The molecule has 0 heterocycles. The van der Waals surface area contributed by atoms with Crippen LogP contribution in [0.4, 0.5) is 0 Å². The maximum atomic E-state index is 10.7. The van der Waals surface area contributed by atoms with Crippen molar-refractivity contribution in [2.45, 2.75) is 51.4 Å². The zero-order valence-electron chi connectivity index (χ0n) is 17.4. The Bertz CT molecular complexity index is 1010. The Balaban J connectivity index is 1.72. The molecule has 0 radical (unpaired) electrons. The minimum absolute atomic E-state index is 0.532. The Morgan fingerprint density at radius 1 is 0.897 bits per heavy atom. The maximum Gasteiger partial charge on any atom is 0.142 e. The summed E-state index contributed by atoms with van der Waals surface area (Å²) in [4.78, 5) is 21.4. The minimum Gasteiger partial charge on any atom is -0.299 e. The zero-order valence-corrected chi connectivity index (χ0v) is 17.4. The fraction of sp³-hybridized carbons (Fsp3) is 0.333. The van der Waals surface area contributed by atoms with E-state index in [4.69, 9.17) is 0 Å². The first-order valence-electron chi connectivity index (χ1n) is 10.5. The second kappa shape index (κ2) is 7.94. The van der Waals surface area contributed by atoms with Crippen molar-refractivity contribution in [1.29, 1.82) is 0 Å². The first-order chi connectivity index (χ1) is 14.0. The Kier molecular flexibility index (Phi) is 5.36. The molecule has 0 amide bonds. The molecule has 2 heteroatoms. The number of aldehydes is 2. The fourth-order valence-electron chi connectivity index (χ4n) is 5.59. The van der Waals surface area contributed by atoms with E-state index in [-0.39, 0.29) is 0 Å². The van der Waals surface area contributed by atoms with Crippen LogP contribution in [0.3, 0.4) is 0 Å². The van der Waals surface area contributed by atoms with Crippen LogP contribution in [0.1, 0.15) is 77.0 Å². The number of fused-ring (bicyclic) bond motifs is 2. The van der Waals surface area contributed by atoms with Crippen LogP contribution in [0.2, 0.25) is 0 Å². The van der Waals surface area contributed by atoms with Crippen LogP contribution in [-0.2, 0) is 16.0 Å². The Hall–Kier alpha value is -2.74. The summed E-state index contributed by atoms with van der Waals surface area (Å²) in [5.41, 5.74) is 9.33. The average molecular weight is 385 g/mol. The number of aryl methyl sites for hydroxylation is 1. The topological polar surface area (TPSA) is 34.1 Å². The van der Waals surface area contributed by atoms with Gasteiger partial charge in [0.1, 0.15) is 12.6 Å². The summed E-state index contributed by atoms with van der Waals surface area (Å²) in [5.74, 6) is 2.21. The van der Waals surface area contributed by atoms with Gasteiger partial charge in [-0.3, -0.25) is 9.59 Å². The van der Waals surface area contributed by atoms with Crippen LogP contribution in [-0.4, -0.2) is 12.6 Å². The van der Waals surface area contributed by atoms with Crippen molar-refractivity contribution >= 4 is 24.7 Å². The van der Waals surface area contributed by atoms with Crippen molar-refractivity contribution in [1.82, 2.24) is 0 Å². The second-order valence-electron chi connectivity index (χ2n) is 8.74. The largest absolute Gasteiger partial charge is 0.299 e. The first-order valence-corrected chi connectivity index (χ1v) is 10.5. The molecule has 4 unspecified atom stereocenters. The molecule has 4 rings (SSSR count). The highest BCUT2D eigenvalue weighted by Crippen LogP contribution is 2.55. The molecule has 2 aromatic rings. The highest BCUT2D eigenvalue weighted by molar-refractivity contribution is 5.75. The maximum absolute atomic E-state index is 10.7. The van der Waals surface area contributed by atoms with Crippen molar-refractivity contribution in [3.63, 3.8) is 0 Å². The third-order valence-corrected chi connectivity index (χ3v) is 6.85. The molecule has 2 aliphatic carbocycles. The van der Waals surface area contributed by atoms with Gasteiger partial charge in [0.25, 0.3) is 0 Å². The number of hydrogen-bond acceptors (Lipinski definition) is 2. The molecule has 0 aliphatic heterocycles. The van der Waals surface area contributed by atoms with Crippen LogP contribution in [0.15, 0.2) is 42.5 Å². The molecule has 0 spiro atoms. The van der Waals surface area contributed by atoms with Gasteiger partial charge < -0.3 is 0 Å². The van der Waals surface area contributed by atoms with Crippen LogP contribution in [0.5, 0.6) is 0 Å². The molecule has 0 fully saturated rings. The lowest BCUT2D eigenvalue weighted by Crippen LogP contribution is -2.13. The third kappa shape index (κ3) is 3.53. The number of benzene rings is 2. The summed E-state index contributed by atoms with van der Waals surface area (Å²) in [6.45, 7) is 6.85. The molecule has 29 heavy (non-hydrogen) atoms. The molecule has 2 aliphatic rings. The number of hydrogen-bond donors (Lipinski definition) is 0. The van der Waals surface area contributed by atoms with Gasteiger partial charge in [0.05, 0.1) is 0 Å². The van der Waals surface area contributed by atoms with E-state index < -0.39 is 0 Å². The summed E-state index contributed by atoms with van der Waals surface area (Å²) in [5, 5.41) is 0. The molecule has 0 saturated carbocycles. The van der Waals surface area contributed by atoms with Gasteiger partial charge in [-0.15, -0.1) is 0 Å². The van der Waals surface area contributed by atoms with Crippen LogP contribution in [0, 0.1) is 12.8 Å². The van der Waals surface area contributed by atoms with Gasteiger partial charge in [0, 0.05) is 0 Å².